The summed E-state index contributed by atoms with van der Waals surface area (Å²) in [5.41, 5.74) is 0. The Kier molecular flexibility index (Phi) is 6.82. The molecule has 0 amide bonds. The van der Waals surface area contributed by atoms with Crippen LogP contribution < -0.4 is 5.32 Å². The molecule has 0 aromatic carbocycles. The van der Waals surface area contributed by atoms with Crippen LogP contribution in [0.4, 0.5) is 0 Å². The monoisotopic (exact) mass is 274 g/mol. The molecule has 0 radical (unpaired) electrons. The topological polar surface area (TPSA) is 32.3 Å². The fraction of sp³-hybridized carbons (Fsp3) is 1.00. The van der Waals surface area contributed by atoms with E-state index in [0.29, 0.717) is 12.1 Å². The molecule has 108 valence electrons. The SMILES string of the molecule is CCC1CNC(CC(C)C)CN1CC(C)S(C)=O. The van der Waals surface area contributed by atoms with Gasteiger partial charge in [0.2, 0.25) is 0 Å². The van der Waals surface area contributed by atoms with Gasteiger partial charge >= 0.3 is 0 Å². The van der Waals surface area contributed by atoms with Crippen molar-refractivity contribution in [3.05, 3.63) is 0 Å². The molecule has 4 heteroatoms. The first-order valence-electron chi connectivity index (χ1n) is 7.23. The Balaban J connectivity index is 2.56. The fourth-order valence-electron chi connectivity index (χ4n) is 2.72. The van der Waals surface area contributed by atoms with E-state index in [2.05, 4.69) is 37.9 Å². The number of rotatable bonds is 6. The highest BCUT2D eigenvalue weighted by Crippen LogP contribution is 2.16. The first-order valence-corrected chi connectivity index (χ1v) is 8.85. The van der Waals surface area contributed by atoms with Crippen molar-refractivity contribution >= 4 is 10.8 Å². The van der Waals surface area contributed by atoms with Gasteiger partial charge < -0.3 is 5.32 Å². The average molecular weight is 274 g/mol. The van der Waals surface area contributed by atoms with Gasteiger partial charge in [-0.1, -0.05) is 20.8 Å². The largest absolute Gasteiger partial charge is 0.311 e. The van der Waals surface area contributed by atoms with Crippen LogP contribution in [0.15, 0.2) is 0 Å². The maximum Gasteiger partial charge on any atom is 0.0444 e. The third-order valence-electron chi connectivity index (χ3n) is 3.90. The van der Waals surface area contributed by atoms with E-state index in [9.17, 15) is 4.21 Å². The molecule has 1 heterocycles. The van der Waals surface area contributed by atoms with Gasteiger partial charge in [-0.25, -0.2) is 0 Å². The molecule has 4 atom stereocenters. The van der Waals surface area contributed by atoms with Gasteiger partial charge in [0.1, 0.15) is 0 Å². The van der Waals surface area contributed by atoms with Crippen LogP contribution in [0.3, 0.4) is 0 Å². The molecule has 0 aromatic heterocycles. The van der Waals surface area contributed by atoms with Crippen molar-refractivity contribution in [3.8, 4) is 0 Å². The lowest BCUT2D eigenvalue weighted by Crippen LogP contribution is -2.58. The van der Waals surface area contributed by atoms with Crippen LogP contribution in [-0.4, -0.2) is 52.3 Å². The van der Waals surface area contributed by atoms with Crippen molar-refractivity contribution in [2.45, 2.75) is 57.9 Å². The summed E-state index contributed by atoms with van der Waals surface area (Å²) in [6.07, 6.45) is 4.22. The maximum absolute atomic E-state index is 11.5. The number of nitrogens with one attached hydrogen (secondary N) is 1. The van der Waals surface area contributed by atoms with Crippen molar-refractivity contribution in [2.24, 2.45) is 5.92 Å². The highest BCUT2D eigenvalue weighted by molar-refractivity contribution is 7.84. The molecule has 0 aliphatic carbocycles. The summed E-state index contributed by atoms with van der Waals surface area (Å²) < 4.78 is 11.5. The maximum atomic E-state index is 11.5. The van der Waals surface area contributed by atoms with E-state index in [1.54, 1.807) is 0 Å². The van der Waals surface area contributed by atoms with Crippen molar-refractivity contribution < 1.29 is 4.21 Å². The summed E-state index contributed by atoms with van der Waals surface area (Å²) in [5, 5.41) is 3.94. The van der Waals surface area contributed by atoms with Crippen molar-refractivity contribution in [3.63, 3.8) is 0 Å². The number of hydrogen-bond donors (Lipinski definition) is 1. The lowest BCUT2D eigenvalue weighted by Gasteiger charge is -2.41. The van der Waals surface area contributed by atoms with E-state index in [1.165, 1.54) is 12.8 Å². The molecular weight excluding hydrogens is 244 g/mol. The fourth-order valence-corrected chi connectivity index (χ4v) is 3.12. The Morgan fingerprint density at radius 1 is 1.39 bits per heavy atom. The minimum atomic E-state index is -0.713. The van der Waals surface area contributed by atoms with Gasteiger partial charge in [-0.2, -0.15) is 0 Å². The third-order valence-corrected chi connectivity index (χ3v) is 5.18. The molecule has 0 saturated carbocycles. The molecule has 1 saturated heterocycles. The molecule has 1 aliphatic heterocycles. The molecule has 0 aromatic rings. The van der Waals surface area contributed by atoms with Gasteiger partial charge in [-0.05, 0) is 25.7 Å². The van der Waals surface area contributed by atoms with E-state index in [1.807, 2.05) is 6.26 Å². The second-order valence-corrected chi connectivity index (χ2v) is 7.86. The lowest BCUT2D eigenvalue weighted by atomic mass is 9.99. The molecular formula is C14H30N2OS. The van der Waals surface area contributed by atoms with Crippen LogP contribution in [0.1, 0.15) is 40.5 Å². The van der Waals surface area contributed by atoms with Crippen LogP contribution in [0.5, 0.6) is 0 Å². The molecule has 1 rings (SSSR count). The van der Waals surface area contributed by atoms with Gasteiger partial charge in [0.05, 0.1) is 0 Å². The molecule has 1 fully saturated rings. The Morgan fingerprint density at radius 3 is 2.56 bits per heavy atom. The van der Waals surface area contributed by atoms with Gasteiger partial charge in [-0.3, -0.25) is 9.11 Å². The van der Waals surface area contributed by atoms with Crippen LogP contribution in [-0.2, 0) is 10.8 Å². The zero-order chi connectivity index (χ0) is 13.7. The van der Waals surface area contributed by atoms with Crippen LogP contribution in [0, 0.1) is 5.92 Å². The van der Waals surface area contributed by atoms with E-state index in [4.69, 9.17) is 0 Å². The minimum absolute atomic E-state index is 0.275. The van der Waals surface area contributed by atoms with Gasteiger partial charge in [0, 0.05) is 54.0 Å². The number of piperazine rings is 1. The van der Waals surface area contributed by atoms with Gasteiger partial charge in [0.25, 0.3) is 0 Å². The Morgan fingerprint density at radius 2 is 2.06 bits per heavy atom. The highest BCUT2D eigenvalue weighted by Gasteiger charge is 2.28. The summed E-state index contributed by atoms with van der Waals surface area (Å²) in [7, 11) is -0.713. The number of hydrogen-bond acceptors (Lipinski definition) is 3. The standard InChI is InChI=1S/C14H30N2OS/c1-6-14-8-15-13(7-11(2)3)10-16(14)9-12(4)18(5)17/h11-15H,6-10H2,1-5H3. The highest BCUT2D eigenvalue weighted by atomic mass is 32.2. The molecule has 0 bridgehead atoms. The van der Waals surface area contributed by atoms with Crippen molar-refractivity contribution in [1.29, 1.82) is 0 Å². The first-order chi connectivity index (χ1) is 8.43. The lowest BCUT2D eigenvalue weighted by molar-refractivity contribution is 0.120. The molecule has 1 N–H and O–H groups in total. The summed E-state index contributed by atoms with van der Waals surface area (Å²) in [6.45, 7) is 12.1. The third kappa shape index (κ3) is 4.98. The molecule has 1 aliphatic rings. The predicted molar refractivity (Wildman–Crippen MR) is 80.4 cm³/mol. The normalized spacial score (nSPS) is 29.4. The summed E-state index contributed by atoms with van der Waals surface area (Å²) in [5.74, 6) is 0.736. The van der Waals surface area contributed by atoms with Crippen molar-refractivity contribution in [2.75, 3.05) is 25.9 Å². The predicted octanol–water partition coefficient (Wildman–Crippen LogP) is 1.85. The molecule has 18 heavy (non-hydrogen) atoms. The first kappa shape index (κ1) is 16.1. The summed E-state index contributed by atoms with van der Waals surface area (Å²) in [6, 6.07) is 1.21. The van der Waals surface area contributed by atoms with Crippen LogP contribution in [0.2, 0.25) is 0 Å². The molecule has 3 nitrogen and oxygen atoms in total. The summed E-state index contributed by atoms with van der Waals surface area (Å²) >= 11 is 0. The Bertz CT molecular complexity index is 271. The average Bonchev–Trinajstić information content (AvgIpc) is 2.28. The zero-order valence-corrected chi connectivity index (χ0v) is 13.4. The van der Waals surface area contributed by atoms with E-state index in [-0.39, 0.29) is 5.25 Å². The summed E-state index contributed by atoms with van der Waals surface area (Å²) in [4.78, 5) is 2.55. The van der Waals surface area contributed by atoms with E-state index >= 15 is 0 Å². The van der Waals surface area contributed by atoms with Gasteiger partial charge in [0.15, 0.2) is 0 Å². The second-order valence-electron chi connectivity index (χ2n) is 6.06. The van der Waals surface area contributed by atoms with Crippen molar-refractivity contribution in [1.82, 2.24) is 10.2 Å². The second kappa shape index (κ2) is 7.61. The zero-order valence-electron chi connectivity index (χ0n) is 12.6. The minimum Gasteiger partial charge on any atom is -0.311 e. The smallest absolute Gasteiger partial charge is 0.0444 e. The Labute approximate surface area is 115 Å². The van der Waals surface area contributed by atoms with Gasteiger partial charge in [-0.15, -0.1) is 0 Å². The van der Waals surface area contributed by atoms with Crippen LogP contribution >= 0.6 is 0 Å². The van der Waals surface area contributed by atoms with E-state index in [0.717, 1.165) is 25.6 Å². The van der Waals surface area contributed by atoms with E-state index < -0.39 is 10.8 Å². The van der Waals surface area contributed by atoms with Crippen LogP contribution in [0.25, 0.3) is 0 Å². The molecule has 4 unspecified atom stereocenters. The molecule has 0 spiro atoms. The Hall–Kier alpha value is 0.0700. The quantitative estimate of drug-likeness (QED) is 0.802. The number of nitrogens with zero attached hydrogens (tertiary/aromatic N) is 1.